The fourth-order valence-corrected chi connectivity index (χ4v) is 2.68. The van der Waals surface area contributed by atoms with Gasteiger partial charge in [-0.25, -0.2) is 8.78 Å². The number of nitrogens with two attached hydrogens (primary N) is 1. The van der Waals surface area contributed by atoms with E-state index in [0.29, 0.717) is 13.1 Å². The zero-order valence-corrected chi connectivity index (χ0v) is 10.9. The molecule has 0 unspecified atom stereocenters. The van der Waals surface area contributed by atoms with Gasteiger partial charge in [-0.2, -0.15) is 0 Å². The van der Waals surface area contributed by atoms with Crippen molar-refractivity contribution in [3.05, 3.63) is 35.4 Å². The van der Waals surface area contributed by atoms with Crippen LogP contribution in [0, 0.1) is 17.6 Å². The highest BCUT2D eigenvalue weighted by Crippen LogP contribution is 2.25. The summed E-state index contributed by atoms with van der Waals surface area (Å²) in [6.07, 6.45) is 1.86. The van der Waals surface area contributed by atoms with Gasteiger partial charge in [-0.1, -0.05) is 6.92 Å². The van der Waals surface area contributed by atoms with Gasteiger partial charge in [0.2, 0.25) is 0 Å². The summed E-state index contributed by atoms with van der Waals surface area (Å²) in [5, 5.41) is 0. The Balaban J connectivity index is 2.29. The van der Waals surface area contributed by atoms with Crippen LogP contribution >= 0.6 is 0 Å². The molecule has 1 saturated heterocycles. The molecular formula is C14H18F2N2O. The van der Waals surface area contributed by atoms with Crippen molar-refractivity contribution in [2.75, 3.05) is 13.1 Å². The second kappa shape index (κ2) is 5.65. The Bertz CT molecular complexity index is 479. The average Bonchev–Trinajstić information content (AvgIpc) is 2.40. The van der Waals surface area contributed by atoms with Crippen molar-refractivity contribution in [1.82, 2.24) is 4.90 Å². The summed E-state index contributed by atoms with van der Waals surface area (Å²) in [5.41, 5.74) is 5.49. The van der Waals surface area contributed by atoms with E-state index in [-0.39, 0.29) is 17.5 Å². The topological polar surface area (TPSA) is 46.3 Å². The summed E-state index contributed by atoms with van der Waals surface area (Å²) < 4.78 is 26.8. The molecule has 0 aliphatic carbocycles. The smallest absolute Gasteiger partial charge is 0.257 e. The van der Waals surface area contributed by atoms with E-state index in [9.17, 15) is 13.6 Å². The van der Waals surface area contributed by atoms with Crippen LogP contribution in [0.15, 0.2) is 18.2 Å². The molecule has 1 heterocycles. The number of hydrogen-bond acceptors (Lipinski definition) is 2. The Kier molecular flexibility index (Phi) is 4.14. The van der Waals surface area contributed by atoms with E-state index >= 15 is 0 Å². The van der Waals surface area contributed by atoms with Crippen LogP contribution in [-0.2, 0) is 0 Å². The molecule has 2 rings (SSSR count). The molecule has 0 aromatic heterocycles. The van der Waals surface area contributed by atoms with Crippen LogP contribution in [0.4, 0.5) is 8.78 Å². The average molecular weight is 268 g/mol. The van der Waals surface area contributed by atoms with Crippen LogP contribution in [0.25, 0.3) is 0 Å². The number of nitrogens with zero attached hydrogens (tertiary/aromatic N) is 1. The molecule has 3 nitrogen and oxygen atoms in total. The number of piperidine rings is 1. The maximum absolute atomic E-state index is 13.7. The minimum atomic E-state index is -0.694. The van der Waals surface area contributed by atoms with Gasteiger partial charge in [0.1, 0.15) is 11.6 Å². The Hall–Kier alpha value is -1.49. The second-order valence-electron chi connectivity index (χ2n) is 5.05. The molecule has 0 spiro atoms. The summed E-state index contributed by atoms with van der Waals surface area (Å²) >= 11 is 0. The SMILES string of the molecule is C[C@H]1CCCN(C(=O)c2cc(F)ccc2F)[C@@H]1CN. The third-order valence-corrected chi connectivity index (χ3v) is 3.78. The van der Waals surface area contributed by atoms with Crippen molar-refractivity contribution in [2.24, 2.45) is 11.7 Å². The first kappa shape index (κ1) is 13.9. The van der Waals surface area contributed by atoms with Crippen LogP contribution in [-0.4, -0.2) is 29.9 Å². The van der Waals surface area contributed by atoms with E-state index in [1.54, 1.807) is 4.90 Å². The molecule has 2 atom stereocenters. The zero-order chi connectivity index (χ0) is 14.0. The van der Waals surface area contributed by atoms with E-state index in [2.05, 4.69) is 0 Å². The monoisotopic (exact) mass is 268 g/mol. The van der Waals surface area contributed by atoms with Crippen LogP contribution in [0.1, 0.15) is 30.1 Å². The lowest BCUT2D eigenvalue weighted by Gasteiger charge is -2.39. The number of carbonyl (C=O) groups is 1. The Labute approximate surface area is 111 Å². The van der Waals surface area contributed by atoms with E-state index in [4.69, 9.17) is 5.73 Å². The van der Waals surface area contributed by atoms with Crippen molar-refractivity contribution in [3.63, 3.8) is 0 Å². The highest BCUT2D eigenvalue weighted by atomic mass is 19.1. The molecule has 5 heteroatoms. The third-order valence-electron chi connectivity index (χ3n) is 3.78. The number of rotatable bonds is 2. The third kappa shape index (κ3) is 2.76. The molecule has 104 valence electrons. The maximum atomic E-state index is 13.7. The van der Waals surface area contributed by atoms with Crippen molar-refractivity contribution in [2.45, 2.75) is 25.8 Å². The summed E-state index contributed by atoms with van der Waals surface area (Å²) in [5.74, 6) is -1.50. The highest BCUT2D eigenvalue weighted by Gasteiger charge is 2.32. The standard InChI is InChI=1S/C14H18F2N2O/c1-9-3-2-6-18(13(9)8-17)14(19)11-7-10(15)4-5-12(11)16/h4-5,7,9,13H,2-3,6,8,17H2,1H3/t9-,13+/m0/s1. The first-order chi connectivity index (χ1) is 9.04. The summed E-state index contributed by atoms with van der Waals surface area (Å²) in [6, 6.07) is 2.83. The first-order valence-corrected chi connectivity index (χ1v) is 6.50. The normalized spacial score (nSPS) is 23.5. The molecule has 0 bridgehead atoms. The summed E-state index contributed by atoms with van der Waals surface area (Å²) in [6.45, 7) is 2.91. The maximum Gasteiger partial charge on any atom is 0.257 e. The van der Waals surface area contributed by atoms with Gasteiger partial charge in [-0.15, -0.1) is 0 Å². The van der Waals surface area contributed by atoms with Crippen molar-refractivity contribution < 1.29 is 13.6 Å². The van der Waals surface area contributed by atoms with Crippen LogP contribution in [0.5, 0.6) is 0 Å². The Morgan fingerprint density at radius 2 is 2.21 bits per heavy atom. The highest BCUT2D eigenvalue weighted by molar-refractivity contribution is 5.94. The summed E-state index contributed by atoms with van der Waals surface area (Å²) in [4.78, 5) is 13.9. The predicted octanol–water partition coefficient (Wildman–Crippen LogP) is 2.16. The van der Waals surface area contributed by atoms with E-state index in [1.165, 1.54) is 0 Å². The number of hydrogen-bond donors (Lipinski definition) is 1. The van der Waals surface area contributed by atoms with Gasteiger partial charge in [0.25, 0.3) is 5.91 Å². The second-order valence-corrected chi connectivity index (χ2v) is 5.05. The zero-order valence-electron chi connectivity index (χ0n) is 10.9. The molecule has 2 N–H and O–H groups in total. The number of benzene rings is 1. The molecule has 19 heavy (non-hydrogen) atoms. The van der Waals surface area contributed by atoms with E-state index in [0.717, 1.165) is 31.0 Å². The van der Waals surface area contributed by atoms with Crippen molar-refractivity contribution in [1.29, 1.82) is 0 Å². The molecule has 0 radical (unpaired) electrons. The van der Waals surface area contributed by atoms with Crippen LogP contribution < -0.4 is 5.73 Å². The number of amides is 1. The fraction of sp³-hybridized carbons (Fsp3) is 0.500. The fourth-order valence-electron chi connectivity index (χ4n) is 2.68. The minimum Gasteiger partial charge on any atom is -0.334 e. The quantitative estimate of drug-likeness (QED) is 0.893. The van der Waals surface area contributed by atoms with Gasteiger partial charge in [0.05, 0.1) is 5.56 Å². The number of carbonyl (C=O) groups excluding carboxylic acids is 1. The summed E-state index contributed by atoms with van der Waals surface area (Å²) in [7, 11) is 0. The lowest BCUT2D eigenvalue weighted by atomic mass is 9.90. The van der Waals surface area contributed by atoms with Gasteiger partial charge >= 0.3 is 0 Å². The molecule has 1 aromatic carbocycles. The van der Waals surface area contributed by atoms with Crippen molar-refractivity contribution >= 4 is 5.91 Å². The van der Waals surface area contributed by atoms with Gasteiger partial charge in [0.15, 0.2) is 0 Å². The number of halogens is 2. The Morgan fingerprint density at radius 1 is 1.47 bits per heavy atom. The van der Waals surface area contributed by atoms with Gasteiger partial charge in [0, 0.05) is 19.1 Å². The molecule has 1 fully saturated rings. The molecular weight excluding hydrogens is 250 g/mol. The van der Waals surface area contributed by atoms with Gasteiger partial charge in [-0.3, -0.25) is 4.79 Å². The van der Waals surface area contributed by atoms with E-state index in [1.807, 2.05) is 6.92 Å². The molecule has 1 aromatic rings. The Morgan fingerprint density at radius 3 is 2.89 bits per heavy atom. The first-order valence-electron chi connectivity index (χ1n) is 6.50. The minimum absolute atomic E-state index is 0.107. The molecule has 1 aliphatic rings. The molecule has 0 saturated carbocycles. The van der Waals surface area contributed by atoms with Crippen LogP contribution in [0.3, 0.4) is 0 Å². The lowest BCUT2D eigenvalue weighted by molar-refractivity contribution is 0.0527. The van der Waals surface area contributed by atoms with Crippen LogP contribution in [0.2, 0.25) is 0 Å². The van der Waals surface area contributed by atoms with Crippen molar-refractivity contribution in [3.8, 4) is 0 Å². The number of likely N-dealkylation sites (tertiary alicyclic amines) is 1. The van der Waals surface area contributed by atoms with E-state index < -0.39 is 17.5 Å². The predicted molar refractivity (Wildman–Crippen MR) is 68.6 cm³/mol. The van der Waals surface area contributed by atoms with Gasteiger partial charge in [-0.05, 0) is 37.0 Å². The van der Waals surface area contributed by atoms with Gasteiger partial charge < -0.3 is 10.6 Å². The lowest BCUT2D eigenvalue weighted by Crippen LogP contribution is -2.51. The molecule has 1 amide bonds. The largest absolute Gasteiger partial charge is 0.334 e. The molecule has 1 aliphatic heterocycles.